The number of amides is 4. The molecule has 1 saturated carbocycles. The SMILES string of the molecule is CCCn1c(C)cc2cc(NC(=O)CN3C(=O)NC(C)(C4CC4)C3=O)ccc21. The fourth-order valence-corrected chi connectivity index (χ4v) is 4.15. The monoisotopic (exact) mass is 382 g/mol. The number of nitrogens with one attached hydrogen (secondary N) is 2. The molecule has 28 heavy (non-hydrogen) atoms. The molecule has 1 saturated heterocycles. The molecular weight excluding hydrogens is 356 g/mol. The topological polar surface area (TPSA) is 83.4 Å². The van der Waals surface area contributed by atoms with E-state index in [1.165, 1.54) is 5.69 Å². The summed E-state index contributed by atoms with van der Waals surface area (Å²) in [6.07, 6.45) is 2.91. The van der Waals surface area contributed by atoms with Gasteiger partial charge in [-0.25, -0.2) is 4.79 Å². The van der Waals surface area contributed by atoms with Crippen molar-refractivity contribution in [2.24, 2.45) is 5.92 Å². The highest BCUT2D eigenvalue weighted by molar-refractivity contribution is 6.10. The molecule has 2 aromatic rings. The largest absolute Gasteiger partial charge is 0.345 e. The molecule has 148 valence electrons. The number of hydrogen-bond acceptors (Lipinski definition) is 3. The molecule has 4 amide bonds. The van der Waals surface area contributed by atoms with Crippen molar-refractivity contribution in [1.82, 2.24) is 14.8 Å². The second-order valence-corrected chi connectivity index (χ2v) is 8.06. The third-order valence-electron chi connectivity index (χ3n) is 5.84. The Morgan fingerprint density at radius 2 is 2.04 bits per heavy atom. The van der Waals surface area contributed by atoms with Gasteiger partial charge in [0.1, 0.15) is 12.1 Å². The Labute approximate surface area is 164 Å². The highest BCUT2D eigenvalue weighted by atomic mass is 16.2. The van der Waals surface area contributed by atoms with Crippen LogP contribution in [0.4, 0.5) is 10.5 Å². The van der Waals surface area contributed by atoms with Crippen LogP contribution in [-0.4, -0.2) is 39.4 Å². The van der Waals surface area contributed by atoms with Gasteiger partial charge in [0.25, 0.3) is 5.91 Å². The molecule has 7 nitrogen and oxygen atoms in total. The van der Waals surface area contributed by atoms with E-state index in [0.717, 1.165) is 41.6 Å². The minimum Gasteiger partial charge on any atom is -0.345 e. The molecular formula is C21H26N4O3. The smallest absolute Gasteiger partial charge is 0.325 e. The predicted octanol–water partition coefficient (Wildman–Crippen LogP) is 3.02. The number of carbonyl (C=O) groups excluding carboxylic acids is 3. The zero-order valence-corrected chi connectivity index (χ0v) is 16.5. The van der Waals surface area contributed by atoms with Crippen molar-refractivity contribution in [1.29, 1.82) is 0 Å². The second kappa shape index (κ2) is 6.65. The van der Waals surface area contributed by atoms with Gasteiger partial charge in [0, 0.05) is 28.8 Å². The normalized spacial score (nSPS) is 22.0. The van der Waals surface area contributed by atoms with E-state index in [1.54, 1.807) is 6.92 Å². The van der Waals surface area contributed by atoms with Gasteiger partial charge >= 0.3 is 6.03 Å². The number of hydrogen-bond donors (Lipinski definition) is 2. The lowest BCUT2D eigenvalue weighted by Crippen LogP contribution is -2.46. The van der Waals surface area contributed by atoms with Gasteiger partial charge in [-0.3, -0.25) is 14.5 Å². The molecule has 1 atom stereocenters. The number of nitrogens with zero attached hydrogens (tertiary/aromatic N) is 2. The number of rotatable bonds is 6. The third-order valence-corrected chi connectivity index (χ3v) is 5.84. The molecule has 1 aliphatic carbocycles. The van der Waals surface area contributed by atoms with Crippen LogP contribution in [0.3, 0.4) is 0 Å². The summed E-state index contributed by atoms with van der Waals surface area (Å²) in [6, 6.07) is 7.38. The fourth-order valence-electron chi connectivity index (χ4n) is 4.15. The van der Waals surface area contributed by atoms with Crippen LogP contribution in [0.25, 0.3) is 10.9 Å². The number of aryl methyl sites for hydroxylation is 2. The molecule has 1 aromatic carbocycles. The summed E-state index contributed by atoms with van der Waals surface area (Å²) in [5.74, 6) is -0.514. The van der Waals surface area contributed by atoms with Gasteiger partial charge < -0.3 is 15.2 Å². The van der Waals surface area contributed by atoms with Crippen LogP contribution in [0.5, 0.6) is 0 Å². The zero-order valence-electron chi connectivity index (χ0n) is 16.5. The number of fused-ring (bicyclic) bond motifs is 1. The third kappa shape index (κ3) is 3.04. The van der Waals surface area contributed by atoms with Crippen LogP contribution in [0.15, 0.2) is 24.3 Å². The molecule has 7 heteroatoms. The number of carbonyl (C=O) groups is 3. The van der Waals surface area contributed by atoms with Crippen LogP contribution in [0.1, 0.15) is 38.8 Å². The molecule has 2 heterocycles. The Bertz CT molecular complexity index is 975. The molecule has 4 rings (SSSR count). The van der Waals surface area contributed by atoms with E-state index in [9.17, 15) is 14.4 Å². The van der Waals surface area contributed by atoms with E-state index in [1.807, 2.05) is 18.2 Å². The summed E-state index contributed by atoms with van der Waals surface area (Å²) >= 11 is 0. The van der Waals surface area contributed by atoms with E-state index < -0.39 is 11.6 Å². The summed E-state index contributed by atoms with van der Waals surface area (Å²) < 4.78 is 2.26. The maximum atomic E-state index is 12.6. The van der Waals surface area contributed by atoms with Crippen molar-refractivity contribution in [3.63, 3.8) is 0 Å². The molecule has 1 unspecified atom stereocenters. The molecule has 0 bridgehead atoms. The van der Waals surface area contributed by atoms with Crippen molar-refractivity contribution < 1.29 is 14.4 Å². The molecule has 1 aromatic heterocycles. The van der Waals surface area contributed by atoms with E-state index in [-0.39, 0.29) is 24.3 Å². The standard InChI is InChI=1S/C21H26N4O3/c1-4-9-24-13(2)10-14-11-16(7-8-17(14)24)22-18(26)12-25-19(27)21(3,15-5-6-15)23-20(25)28/h7-8,10-11,15H,4-6,9,12H2,1-3H3,(H,22,26)(H,23,28). The van der Waals surface area contributed by atoms with Crippen molar-refractivity contribution in [3.8, 4) is 0 Å². The van der Waals surface area contributed by atoms with E-state index in [4.69, 9.17) is 0 Å². The number of benzene rings is 1. The van der Waals surface area contributed by atoms with Gasteiger partial charge in [-0.15, -0.1) is 0 Å². The lowest BCUT2D eigenvalue weighted by Gasteiger charge is -2.20. The number of aromatic nitrogens is 1. The van der Waals surface area contributed by atoms with Crippen LogP contribution < -0.4 is 10.6 Å². The van der Waals surface area contributed by atoms with E-state index >= 15 is 0 Å². The first-order chi connectivity index (χ1) is 13.3. The highest BCUT2D eigenvalue weighted by Gasteiger charge is 2.56. The molecule has 0 spiro atoms. The predicted molar refractivity (Wildman–Crippen MR) is 107 cm³/mol. The summed E-state index contributed by atoms with van der Waals surface area (Å²) in [4.78, 5) is 38.4. The lowest BCUT2D eigenvalue weighted by atomic mass is 9.96. The Morgan fingerprint density at radius 3 is 2.71 bits per heavy atom. The number of imide groups is 1. The number of urea groups is 1. The summed E-state index contributed by atoms with van der Waals surface area (Å²) in [5, 5.41) is 6.63. The van der Waals surface area contributed by atoms with Crippen LogP contribution in [0, 0.1) is 12.8 Å². The molecule has 1 aliphatic heterocycles. The highest BCUT2D eigenvalue weighted by Crippen LogP contribution is 2.42. The number of anilines is 1. The average Bonchev–Trinajstić information content (AvgIpc) is 3.42. The summed E-state index contributed by atoms with van der Waals surface area (Å²) in [6.45, 7) is 6.64. The van der Waals surface area contributed by atoms with Crippen LogP contribution in [-0.2, 0) is 16.1 Å². The van der Waals surface area contributed by atoms with Gasteiger partial charge in [0.2, 0.25) is 5.91 Å². The maximum absolute atomic E-state index is 12.6. The Balaban J connectivity index is 1.46. The van der Waals surface area contributed by atoms with Crippen molar-refractivity contribution in [2.75, 3.05) is 11.9 Å². The minimum atomic E-state index is -0.865. The van der Waals surface area contributed by atoms with E-state index in [0.29, 0.717) is 5.69 Å². The first-order valence-electron chi connectivity index (χ1n) is 9.87. The molecule has 2 aliphatic rings. The van der Waals surface area contributed by atoms with E-state index in [2.05, 4.69) is 35.1 Å². The maximum Gasteiger partial charge on any atom is 0.325 e. The second-order valence-electron chi connectivity index (χ2n) is 8.06. The average molecular weight is 382 g/mol. The van der Waals surface area contributed by atoms with Crippen molar-refractivity contribution in [3.05, 3.63) is 30.0 Å². The molecule has 0 radical (unpaired) electrons. The zero-order chi connectivity index (χ0) is 20.1. The summed E-state index contributed by atoms with van der Waals surface area (Å²) in [7, 11) is 0. The Hall–Kier alpha value is -2.83. The Kier molecular flexibility index (Phi) is 4.40. The molecule has 2 fully saturated rings. The lowest BCUT2D eigenvalue weighted by molar-refractivity contribution is -0.134. The van der Waals surface area contributed by atoms with Crippen LogP contribution in [0.2, 0.25) is 0 Å². The van der Waals surface area contributed by atoms with Crippen molar-refractivity contribution in [2.45, 2.75) is 52.1 Å². The fraction of sp³-hybridized carbons (Fsp3) is 0.476. The van der Waals surface area contributed by atoms with Gasteiger partial charge in [-0.05, 0) is 63.3 Å². The van der Waals surface area contributed by atoms with Gasteiger partial charge in [0.05, 0.1) is 0 Å². The van der Waals surface area contributed by atoms with Gasteiger partial charge in [0.15, 0.2) is 0 Å². The Morgan fingerprint density at radius 1 is 1.29 bits per heavy atom. The summed E-state index contributed by atoms with van der Waals surface area (Å²) in [5.41, 5.74) is 2.10. The first-order valence-corrected chi connectivity index (χ1v) is 9.87. The quantitative estimate of drug-likeness (QED) is 0.754. The minimum absolute atomic E-state index is 0.176. The first kappa shape index (κ1) is 18.5. The van der Waals surface area contributed by atoms with Crippen molar-refractivity contribution >= 4 is 34.4 Å². The molecule has 2 N–H and O–H groups in total. The van der Waals surface area contributed by atoms with Crippen LogP contribution >= 0.6 is 0 Å². The van der Waals surface area contributed by atoms with Gasteiger partial charge in [-0.2, -0.15) is 0 Å². The van der Waals surface area contributed by atoms with Gasteiger partial charge in [-0.1, -0.05) is 6.92 Å².